The fraction of sp³-hybridized carbons (Fsp3) is 0.529. The van der Waals surface area contributed by atoms with Gasteiger partial charge in [0.1, 0.15) is 0 Å². The molecule has 1 heterocycles. The maximum absolute atomic E-state index is 12.0. The molecule has 126 valence electrons. The van der Waals surface area contributed by atoms with Gasteiger partial charge in [-0.2, -0.15) is 0 Å². The molecule has 0 bridgehead atoms. The number of carbonyl (C=O) groups excluding carboxylic acids is 2. The number of benzene rings is 1. The third kappa shape index (κ3) is 4.30. The summed E-state index contributed by atoms with van der Waals surface area (Å²) in [6, 6.07) is 7.47. The van der Waals surface area contributed by atoms with E-state index >= 15 is 0 Å². The molecule has 1 N–H and O–H groups in total. The third-order valence-corrected chi connectivity index (χ3v) is 4.24. The number of nitrogens with one attached hydrogen (secondary N) is 1. The lowest BCUT2D eigenvalue weighted by Gasteiger charge is -2.41. The van der Waals surface area contributed by atoms with Crippen LogP contribution in [-0.2, 0) is 9.53 Å². The van der Waals surface area contributed by atoms with Gasteiger partial charge in [-0.1, -0.05) is 12.1 Å². The van der Waals surface area contributed by atoms with Crippen molar-refractivity contribution in [2.45, 2.75) is 13.0 Å². The third-order valence-electron chi connectivity index (χ3n) is 4.24. The predicted octanol–water partition coefficient (Wildman–Crippen LogP) is 0.898. The van der Waals surface area contributed by atoms with Gasteiger partial charge in [-0.25, -0.2) is 0 Å². The van der Waals surface area contributed by atoms with E-state index in [1.807, 2.05) is 23.1 Å². The Morgan fingerprint density at radius 2 is 2.13 bits per heavy atom. The van der Waals surface area contributed by atoms with Crippen LogP contribution in [0.2, 0.25) is 0 Å². The first-order valence-corrected chi connectivity index (χ1v) is 7.87. The van der Waals surface area contributed by atoms with Crippen LogP contribution in [0.5, 0.6) is 0 Å². The summed E-state index contributed by atoms with van der Waals surface area (Å²) < 4.78 is 5.15. The summed E-state index contributed by atoms with van der Waals surface area (Å²) in [6.45, 7) is 5.39. The molecular weight excluding hydrogens is 294 g/mol. The van der Waals surface area contributed by atoms with Crippen LogP contribution < -0.4 is 5.32 Å². The Bertz CT molecular complexity index is 562. The molecule has 23 heavy (non-hydrogen) atoms. The molecule has 6 nitrogen and oxygen atoms in total. The molecule has 0 spiro atoms. The van der Waals surface area contributed by atoms with E-state index in [0.717, 1.165) is 25.2 Å². The molecule has 1 aromatic carbocycles. The van der Waals surface area contributed by atoms with Crippen LogP contribution in [0.4, 0.5) is 0 Å². The number of hydrogen-bond acceptors (Lipinski definition) is 4. The zero-order valence-electron chi connectivity index (χ0n) is 14.0. The Hall–Kier alpha value is -1.92. The van der Waals surface area contributed by atoms with Crippen molar-refractivity contribution in [2.24, 2.45) is 0 Å². The van der Waals surface area contributed by atoms with Crippen LogP contribution in [0.15, 0.2) is 24.3 Å². The molecule has 6 heteroatoms. The van der Waals surface area contributed by atoms with Crippen molar-refractivity contribution in [1.82, 2.24) is 15.1 Å². The maximum atomic E-state index is 12.0. The Labute approximate surface area is 137 Å². The molecule has 0 aromatic heterocycles. The first kappa shape index (κ1) is 17.4. The van der Waals surface area contributed by atoms with Gasteiger partial charge in [0, 0.05) is 52.8 Å². The quantitative estimate of drug-likeness (QED) is 0.876. The number of amides is 2. The first-order valence-electron chi connectivity index (χ1n) is 7.87. The highest BCUT2D eigenvalue weighted by Crippen LogP contribution is 2.26. The molecule has 0 radical (unpaired) electrons. The Morgan fingerprint density at radius 1 is 1.35 bits per heavy atom. The van der Waals surface area contributed by atoms with Gasteiger partial charge in [0.2, 0.25) is 5.91 Å². The van der Waals surface area contributed by atoms with E-state index in [4.69, 9.17) is 4.74 Å². The SMILES string of the molecule is CNC(=O)c1cccc(C2CN(CCOC)CCN2C(C)=O)c1. The second-order valence-corrected chi connectivity index (χ2v) is 5.73. The average molecular weight is 319 g/mol. The fourth-order valence-electron chi connectivity index (χ4n) is 2.96. The molecule has 1 atom stereocenters. The van der Waals surface area contributed by atoms with Gasteiger partial charge in [0.05, 0.1) is 12.6 Å². The maximum Gasteiger partial charge on any atom is 0.251 e. The first-order chi connectivity index (χ1) is 11.1. The van der Waals surface area contributed by atoms with Crippen molar-refractivity contribution >= 4 is 11.8 Å². The Balaban J connectivity index is 2.23. The summed E-state index contributed by atoms with van der Waals surface area (Å²) in [7, 11) is 3.31. The summed E-state index contributed by atoms with van der Waals surface area (Å²) in [5, 5.41) is 2.64. The molecule has 1 aromatic rings. The van der Waals surface area contributed by atoms with E-state index in [9.17, 15) is 9.59 Å². The molecule has 1 saturated heterocycles. The van der Waals surface area contributed by atoms with E-state index < -0.39 is 0 Å². The van der Waals surface area contributed by atoms with Crippen molar-refractivity contribution < 1.29 is 14.3 Å². The molecule has 1 fully saturated rings. The van der Waals surface area contributed by atoms with Gasteiger partial charge in [0.25, 0.3) is 5.91 Å². The zero-order valence-corrected chi connectivity index (χ0v) is 14.0. The lowest BCUT2D eigenvalue weighted by molar-refractivity contribution is -0.134. The highest BCUT2D eigenvalue weighted by Gasteiger charge is 2.30. The van der Waals surface area contributed by atoms with E-state index in [2.05, 4.69) is 10.2 Å². The zero-order chi connectivity index (χ0) is 16.8. The largest absolute Gasteiger partial charge is 0.383 e. The highest BCUT2D eigenvalue weighted by molar-refractivity contribution is 5.94. The summed E-state index contributed by atoms with van der Waals surface area (Å²) in [6.07, 6.45) is 0. The Morgan fingerprint density at radius 3 is 2.78 bits per heavy atom. The van der Waals surface area contributed by atoms with Crippen LogP contribution in [-0.4, -0.2) is 68.6 Å². The van der Waals surface area contributed by atoms with Gasteiger partial charge in [-0.05, 0) is 17.7 Å². The van der Waals surface area contributed by atoms with Crippen molar-refractivity contribution in [3.63, 3.8) is 0 Å². The van der Waals surface area contributed by atoms with E-state index in [0.29, 0.717) is 18.7 Å². The summed E-state index contributed by atoms with van der Waals surface area (Å²) in [4.78, 5) is 28.0. The number of nitrogens with zero attached hydrogens (tertiary/aromatic N) is 2. The van der Waals surface area contributed by atoms with Crippen LogP contribution in [0.1, 0.15) is 28.9 Å². The van der Waals surface area contributed by atoms with E-state index in [1.54, 1.807) is 27.1 Å². The highest BCUT2D eigenvalue weighted by atomic mass is 16.5. The molecule has 2 rings (SSSR count). The average Bonchev–Trinajstić information content (AvgIpc) is 2.58. The fourth-order valence-corrected chi connectivity index (χ4v) is 2.96. The molecule has 1 aliphatic rings. The van der Waals surface area contributed by atoms with E-state index in [1.165, 1.54) is 0 Å². The van der Waals surface area contributed by atoms with Crippen LogP contribution >= 0.6 is 0 Å². The van der Waals surface area contributed by atoms with Crippen molar-refractivity contribution in [3.8, 4) is 0 Å². The molecule has 2 amide bonds. The van der Waals surface area contributed by atoms with E-state index in [-0.39, 0.29) is 17.9 Å². The van der Waals surface area contributed by atoms with Gasteiger partial charge in [-0.15, -0.1) is 0 Å². The van der Waals surface area contributed by atoms with Gasteiger partial charge in [0.15, 0.2) is 0 Å². The van der Waals surface area contributed by atoms with Crippen molar-refractivity contribution in [2.75, 3.05) is 46.9 Å². The minimum atomic E-state index is -0.117. The summed E-state index contributed by atoms with van der Waals surface area (Å²) >= 11 is 0. The van der Waals surface area contributed by atoms with Crippen molar-refractivity contribution in [1.29, 1.82) is 0 Å². The molecular formula is C17H25N3O3. The number of hydrogen-bond donors (Lipinski definition) is 1. The summed E-state index contributed by atoms with van der Waals surface area (Å²) in [5.41, 5.74) is 1.60. The number of ether oxygens (including phenoxy) is 1. The minimum Gasteiger partial charge on any atom is -0.383 e. The van der Waals surface area contributed by atoms with Crippen LogP contribution in [0.3, 0.4) is 0 Å². The second kappa shape index (κ2) is 8.08. The monoisotopic (exact) mass is 319 g/mol. The standard InChI is InChI=1S/C17H25N3O3/c1-13(21)20-8-7-19(9-10-23-3)12-16(20)14-5-4-6-15(11-14)17(22)18-2/h4-6,11,16H,7-10,12H2,1-3H3,(H,18,22). The van der Waals surface area contributed by atoms with Crippen LogP contribution in [0.25, 0.3) is 0 Å². The lowest BCUT2D eigenvalue weighted by atomic mass is 9.99. The van der Waals surface area contributed by atoms with Gasteiger partial charge >= 0.3 is 0 Å². The molecule has 1 aliphatic heterocycles. The Kier molecular flexibility index (Phi) is 6.12. The molecule has 0 saturated carbocycles. The number of rotatable bonds is 5. The lowest BCUT2D eigenvalue weighted by Crippen LogP contribution is -2.50. The summed E-state index contributed by atoms with van der Waals surface area (Å²) in [5.74, 6) is -0.0555. The molecule has 1 unspecified atom stereocenters. The van der Waals surface area contributed by atoms with Crippen LogP contribution in [0, 0.1) is 0 Å². The van der Waals surface area contributed by atoms with Crippen molar-refractivity contribution in [3.05, 3.63) is 35.4 Å². The number of piperazine rings is 1. The minimum absolute atomic E-state index is 0.0392. The predicted molar refractivity (Wildman–Crippen MR) is 88.3 cm³/mol. The van der Waals surface area contributed by atoms with Gasteiger partial charge in [-0.3, -0.25) is 14.5 Å². The number of carbonyl (C=O) groups is 2. The number of methoxy groups -OCH3 is 1. The topological polar surface area (TPSA) is 61.9 Å². The van der Waals surface area contributed by atoms with Gasteiger partial charge < -0.3 is 15.0 Å². The smallest absolute Gasteiger partial charge is 0.251 e. The molecule has 0 aliphatic carbocycles. The second-order valence-electron chi connectivity index (χ2n) is 5.73. The normalized spacial score (nSPS) is 18.7.